The number of nitrogens with zero attached hydrogens (tertiary/aromatic N) is 3. The molecule has 0 bridgehead atoms. The number of hydrogen-bond donors (Lipinski definition) is 0. The van der Waals surface area contributed by atoms with E-state index < -0.39 is 17.6 Å². The molecule has 2 aromatic rings. The highest BCUT2D eigenvalue weighted by Gasteiger charge is 2.13. The van der Waals surface area contributed by atoms with E-state index in [9.17, 15) is 13.2 Å². The van der Waals surface area contributed by atoms with E-state index in [0.717, 1.165) is 11.8 Å². The summed E-state index contributed by atoms with van der Waals surface area (Å²) < 4.78 is 38.7. The van der Waals surface area contributed by atoms with E-state index in [4.69, 9.17) is 0 Å². The van der Waals surface area contributed by atoms with Crippen molar-refractivity contribution in [3.8, 4) is 0 Å². The highest BCUT2D eigenvalue weighted by atomic mass is 32.2. The normalized spacial score (nSPS) is 10.6. The fourth-order valence-electron chi connectivity index (χ4n) is 1.06. The molecule has 0 spiro atoms. The third kappa shape index (κ3) is 2.73. The van der Waals surface area contributed by atoms with Crippen LogP contribution in [0.25, 0.3) is 0 Å². The Labute approximate surface area is 99.1 Å². The van der Waals surface area contributed by atoms with Gasteiger partial charge in [0.25, 0.3) is 0 Å². The van der Waals surface area contributed by atoms with Crippen LogP contribution < -0.4 is 0 Å². The van der Waals surface area contributed by atoms with Gasteiger partial charge < -0.3 is 0 Å². The van der Waals surface area contributed by atoms with Gasteiger partial charge in [0.2, 0.25) is 5.95 Å². The second kappa shape index (κ2) is 4.70. The summed E-state index contributed by atoms with van der Waals surface area (Å²) in [6, 6.07) is 2.11. The molecule has 0 fully saturated rings. The van der Waals surface area contributed by atoms with Crippen LogP contribution in [0.2, 0.25) is 0 Å². The molecule has 0 aliphatic heterocycles. The molecule has 17 heavy (non-hydrogen) atoms. The van der Waals surface area contributed by atoms with E-state index in [-0.39, 0.29) is 10.2 Å². The standard InChI is InChI=1S/C10H6F3N3S/c1-5-2-3-14-10(15-5)17-9-7(12)4-6(11)8(13)16-9/h2-4H,1H3. The molecule has 2 rings (SSSR count). The van der Waals surface area contributed by atoms with Gasteiger partial charge in [0, 0.05) is 18.0 Å². The molecule has 0 N–H and O–H groups in total. The van der Waals surface area contributed by atoms with Gasteiger partial charge in [0.05, 0.1) is 0 Å². The number of rotatable bonds is 2. The highest BCUT2D eigenvalue weighted by molar-refractivity contribution is 7.99. The van der Waals surface area contributed by atoms with Crippen LogP contribution in [0.15, 0.2) is 28.5 Å². The van der Waals surface area contributed by atoms with Gasteiger partial charge in [-0.05, 0) is 24.8 Å². The van der Waals surface area contributed by atoms with E-state index in [1.807, 2.05) is 0 Å². The van der Waals surface area contributed by atoms with Crippen molar-refractivity contribution >= 4 is 11.8 Å². The summed E-state index contributed by atoms with van der Waals surface area (Å²) in [6.45, 7) is 1.74. The molecular weight excluding hydrogens is 251 g/mol. The molecule has 2 heterocycles. The maximum atomic E-state index is 13.3. The molecule has 0 aromatic carbocycles. The molecule has 0 radical (unpaired) electrons. The Bertz CT molecular complexity index is 562. The van der Waals surface area contributed by atoms with Crippen molar-refractivity contribution < 1.29 is 13.2 Å². The predicted molar refractivity (Wildman–Crippen MR) is 55.0 cm³/mol. The Kier molecular flexibility index (Phi) is 3.28. The second-order valence-corrected chi connectivity index (χ2v) is 4.09. The van der Waals surface area contributed by atoms with E-state index in [1.165, 1.54) is 6.20 Å². The first kappa shape index (κ1) is 11.8. The molecule has 3 nitrogen and oxygen atoms in total. The van der Waals surface area contributed by atoms with Crippen LogP contribution in [0.4, 0.5) is 13.2 Å². The summed E-state index contributed by atoms with van der Waals surface area (Å²) in [6.07, 6.45) is 1.49. The lowest BCUT2D eigenvalue weighted by molar-refractivity contribution is 0.448. The zero-order valence-electron chi connectivity index (χ0n) is 8.62. The summed E-state index contributed by atoms with van der Waals surface area (Å²) in [5.41, 5.74) is 0.686. The Hall–Kier alpha value is -1.63. The Morgan fingerprint density at radius 2 is 1.88 bits per heavy atom. The highest BCUT2D eigenvalue weighted by Crippen LogP contribution is 2.26. The van der Waals surface area contributed by atoms with Crippen LogP contribution in [-0.2, 0) is 0 Å². The zero-order valence-corrected chi connectivity index (χ0v) is 9.43. The number of pyridine rings is 1. The largest absolute Gasteiger partial charge is 0.250 e. The van der Waals surface area contributed by atoms with Crippen molar-refractivity contribution in [2.45, 2.75) is 17.1 Å². The van der Waals surface area contributed by atoms with Crippen LogP contribution in [0.3, 0.4) is 0 Å². The predicted octanol–water partition coefficient (Wildman–Crippen LogP) is 2.75. The van der Waals surface area contributed by atoms with Gasteiger partial charge in [-0.2, -0.15) is 4.39 Å². The van der Waals surface area contributed by atoms with Crippen LogP contribution in [-0.4, -0.2) is 15.0 Å². The van der Waals surface area contributed by atoms with Gasteiger partial charge in [-0.15, -0.1) is 0 Å². The van der Waals surface area contributed by atoms with Crippen LogP contribution in [0.1, 0.15) is 5.69 Å². The smallest absolute Gasteiger partial charge is 0.231 e. The minimum atomic E-state index is -1.35. The van der Waals surface area contributed by atoms with Gasteiger partial charge in [0.15, 0.2) is 16.8 Å². The summed E-state index contributed by atoms with van der Waals surface area (Å²) in [4.78, 5) is 11.0. The summed E-state index contributed by atoms with van der Waals surface area (Å²) in [5, 5.41) is -0.0723. The molecular formula is C10H6F3N3S. The van der Waals surface area contributed by atoms with Crippen molar-refractivity contribution in [1.29, 1.82) is 0 Å². The molecule has 0 saturated heterocycles. The fourth-order valence-corrected chi connectivity index (χ4v) is 1.82. The third-order valence-corrected chi connectivity index (χ3v) is 2.67. The maximum absolute atomic E-state index is 13.3. The first-order valence-corrected chi connectivity index (χ1v) is 5.37. The van der Waals surface area contributed by atoms with Gasteiger partial charge in [-0.3, -0.25) is 0 Å². The Morgan fingerprint density at radius 3 is 2.59 bits per heavy atom. The molecule has 0 unspecified atom stereocenters. The summed E-state index contributed by atoms with van der Waals surface area (Å²) in [5.74, 6) is -3.61. The van der Waals surface area contributed by atoms with Gasteiger partial charge >= 0.3 is 0 Å². The third-order valence-electron chi connectivity index (χ3n) is 1.82. The number of aromatic nitrogens is 3. The molecule has 0 saturated carbocycles. The van der Waals surface area contributed by atoms with E-state index in [2.05, 4.69) is 15.0 Å². The number of halogens is 3. The molecule has 7 heteroatoms. The van der Waals surface area contributed by atoms with Crippen LogP contribution in [0, 0.1) is 24.5 Å². The monoisotopic (exact) mass is 257 g/mol. The lowest BCUT2D eigenvalue weighted by Gasteiger charge is -2.02. The van der Waals surface area contributed by atoms with E-state index >= 15 is 0 Å². The average Bonchev–Trinajstić information content (AvgIpc) is 2.26. The molecule has 2 aromatic heterocycles. The molecule has 0 atom stereocenters. The minimum absolute atomic E-state index is 0.224. The molecule has 0 aliphatic rings. The lowest BCUT2D eigenvalue weighted by Crippen LogP contribution is -1.97. The Balaban J connectivity index is 2.33. The first-order valence-electron chi connectivity index (χ1n) is 4.55. The van der Waals surface area contributed by atoms with Crippen molar-refractivity contribution in [2.24, 2.45) is 0 Å². The second-order valence-electron chi connectivity index (χ2n) is 3.13. The SMILES string of the molecule is Cc1ccnc(Sc2nc(F)c(F)cc2F)n1. The lowest BCUT2D eigenvalue weighted by atomic mass is 10.4. The number of hydrogen-bond acceptors (Lipinski definition) is 4. The van der Waals surface area contributed by atoms with Gasteiger partial charge in [-0.1, -0.05) is 0 Å². The van der Waals surface area contributed by atoms with Gasteiger partial charge in [-0.25, -0.2) is 23.7 Å². The Morgan fingerprint density at radius 1 is 1.12 bits per heavy atom. The van der Waals surface area contributed by atoms with Crippen molar-refractivity contribution in [3.05, 3.63) is 41.6 Å². The van der Waals surface area contributed by atoms with E-state index in [1.54, 1.807) is 13.0 Å². The minimum Gasteiger partial charge on any atom is -0.231 e. The first-order chi connectivity index (χ1) is 8.06. The van der Waals surface area contributed by atoms with Crippen molar-refractivity contribution in [3.63, 3.8) is 0 Å². The van der Waals surface area contributed by atoms with Crippen molar-refractivity contribution in [2.75, 3.05) is 0 Å². The number of aryl methyl sites for hydroxylation is 1. The van der Waals surface area contributed by atoms with Crippen LogP contribution >= 0.6 is 11.8 Å². The summed E-state index contributed by atoms with van der Waals surface area (Å²) >= 11 is 0.736. The maximum Gasteiger partial charge on any atom is 0.250 e. The average molecular weight is 257 g/mol. The topological polar surface area (TPSA) is 38.7 Å². The molecule has 88 valence electrons. The summed E-state index contributed by atoms with van der Waals surface area (Å²) in [7, 11) is 0. The molecule has 0 amide bonds. The van der Waals surface area contributed by atoms with Crippen molar-refractivity contribution in [1.82, 2.24) is 15.0 Å². The zero-order chi connectivity index (χ0) is 12.4. The molecule has 0 aliphatic carbocycles. The van der Waals surface area contributed by atoms with Crippen LogP contribution in [0.5, 0.6) is 0 Å². The van der Waals surface area contributed by atoms with E-state index in [0.29, 0.717) is 11.8 Å². The fraction of sp³-hybridized carbons (Fsp3) is 0.100. The van der Waals surface area contributed by atoms with Gasteiger partial charge in [0.1, 0.15) is 5.03 Å². The quantitative estimate of drug-likeness (QED) is 0.612.